The number of hydrogen-bond donors (Lipinski definition) is 1. The molecule has 1 N–H and O–H groups in total. The number of carbonyl (C=O) groups excluding carboxylic acids is 2. The van der Waals surface area contributed by atoms with Gasteiger partial charge in [-0.05, 0) is 37.8 Å². The zero-order chi connectivity index (χ0) is 23.3. The third-order valence-corrected chi connectivity index (χ3v) is 8.07. The normalized spacial score (nSPS) is 19.3. The summed E-state index contributed by atoms with van der Waals surface area (Å²) in [6.07, 6.45) is 2.12. The molecule has 2 aliphatic heterocycles. The van der Waals surface area contributed by atoms with Crippen molar-refractivity contribution in [1.82, 2.24) is 19.4 Å². The quantitative estimate of drug-likeness (QED) is 0.660. The first kappa shape index (κ1) is 24.7. The van der Waals surface area contributed by atoms with Crippen LogP contribution < -0.4 is 5.32 Å². The Morgan fingerprint density at radius 2 is 1.59 bits per heavy atom. The Hall–Kier alpha value is -1.97. The number of piperidine rings is 1. The Bertz CT molecular complexity index is 885. The molecule has 0 aromatic heterocycles. The molecule has 0 aliphatic carbocycles. The van der Waals surface area contributed by atoms with E-state index in [-0.39, 0.29) is 24.4 Å². The number of hydrogen-bond acceptors (Lipinski definition) is 5. The van der Waals surface area contributed by atoms with Crippen molar-refractivity contribution in [2.45, 2.75) is 51.0 Å². The molecule has 0 atom stereocenters. The first-order chi connectivity index (χ1) is 15.1. The molecule has 2 saturated heterocycles. The number of benzene rings is 1. The summed E-state index contributed by atoms with van der Waals surface area (Å²) in [6, 6.07) is 6.99. The lowest BCUT2D eigenvalue weighted by molar-refractivity contribution is -0.133. The van der Waals surface area contributed by atoms with E-state index in [2.05, 4.69) is 5.32 Å². The molecule has 2 heterocycles. The largest absolute Gasteiger partial charge is 0.352 e. The number of amides is 2. The maximum absolute atomic E-state index is 12.8. The van der Waals surface area contributed by atoms with Crippen molar-refractivity contribution >= 4 is 21.8 Å². The van der Waals surface area contributed by atoms with Gasteiger partial charge in [-0.2, -0.15) is 4.31 Å². The zero-order valence-electron chi connectivity index (χ0n) is 19.4. The Morgan fingerprint density at radius 3 is 2.16 bits per heavy atom. The monoisotopic (exact) mass is 464 g/mol. The Morgan fingerprint density at radius 1 is 1.00 bits per heavy atom. The fourth-order valence-electron chi connectivity index (χ4n) is 4.22. The van der Waals surface area contributed by atoms with E-state index in [0.29, 0.717) is 56.5 Å². The van der Waals surface area contributed by atoms with E-state index in [1.165, 1.54) is 4.31 Å². The number of piperazine rings is 1. The van der Waals surface area contributed by atoms with Gasteiger partial charge in [-0.15, -0.1) is 0 Å². The molecule has 2 aliphatic rings. The van der Waals surface area contributed by atoms with Gasteiger partial charge < -0.3 is 10.2 Å². The first-order valence-electron chi connectivity index (χ1n) is 11.5. The molecular formula is C23H36N4O4S. The minimum atomic E-state index is -3.50. The number of aryl methyl sites for hydroxylation is 1. The van der Waals surface area contributed by atoms with Crippen LogP contribution >= 0.6 is 0 Å². The maximum Gasteiger partial charge on any atom is 0.243 e. The van der Waals surface area contributed by atoms with E-state index in [1.807, 2.05) is 30.6 Å². The lowest BCUT2D eigenvalue weighted by Crippen LogP contribution is -2.53. The summed E-state index contributed by atoms with van der Waals surface area (Å²) < 4.78 is 27.1. The predicted octanol–water partition coefficient (Wildman–Crippen LogP) is 1.45. The molecule has 9 heteroatoms. The summed E-state index contributed by atoms with van der Waals surface area (Å²) in [5.41, 5.74) is 1.02. The maximum atomic E-state index is 12.8. The van der Waals surface area contributed by atoms with Gasteiger partial charge >= 0.3 is 0 Å². The van der Waals surface area contributed by atoms with Gasteiger partial charge in [-0.1, -0.05) is 31.5 Å². The van der Waals surface area contributed by atoms with Crippen LogP contribution in [0.3, 0.4) is 0 Å². The lowest BCUT2D eigenvalue weighted by Gasteiger charge is -2.35. The second kappa shape index (κ2) is 10.8. The van der Waals surface area contributed by atoms with E-state index < -0.39 is 10.0 Å². The van der Waals surface area contributed by atoms with Gasteiger partial charge in [0.25, 0.3) is 0 Å². The van der Waals surface area contributed by atoms with Crippen molar-refractivity contribution in [1.29, 1.82) is 0 Å². The Labute approximate surface area is 192 Å². The second-order valence-electron chi connectivity index (χ2n) is 9.31. The standard InChI is InChI=1S/C23H36N4O4S/c1-18(2)16-23(29)26-10-8-20(9-11-26)24-22(28)17-25-12-14-27(15-13-25)32(30,31)21-6-4-19(3)5-7-21/h4-7,18,20H,8-17H2,1-3H3,(H,24,28). The molecule has 0 spiro atoms. The molecule has 2 fully saturated rings. The van der Waals surface area contributed by atoms with Gasteiger partial charge in [0, 0.05) is 51.7 Å². The van der Waals surface area contributed by atoms with E-state index >= 15 is 0 Å². The van der Waals surface area contributed by atoms with Crippen LogP contribution in [0.2, 0.25) is 0 Å². The molecular weight excluding hydrogens is 428 g/mol. The van der Waals surface area contributed by atoms with Crippen molar-refractivity contribution in [3.63, 3.8) is 0 Å². The van der Waals surface area contributed by atoms with Crippen LogP contribution in [0.15, 0.2) is 29.2 Å². The van der Waals surface area contributed by atoms with Crippen LogP contribution in [0.4, 0.5) is 0 Å². The fraction of sp³-hybridized carbons (Fsp3) is 0.652. The molecule has 0 radical (unpaired) electrons. The van der Waals surface area contributed by atoms with Gasteiger partial charge in [-0.3, -0.25) is 14.5 Å². The highest BCUT2D eigenvalue weighted by molar-refractivity contribution is 7.89. The van der Waals surface area contributed by atoms with Crippen molar-refractivity contribution < 1.29 is 18.0 Å². The molecule has 0 bridgehead atoms. The molecule has 1 aromatic carbocycles. The van der Waals surface area contributed by atoms with Gasteiger partial charge in [0.15, 0.2) is 0 Å². The fourth-order valence-corrected chi connectivity index (χ4v) is 5.64. The average Bonchev–Trinajstić information content (AvgIpc) is 2.74. The number of sulfonamides is 1. The predicted molar refractivity (Wildman–Crippen MR) is 124 cm³/mol. The third kappa shape index (κ3) is 6.52. The summed E-state index contributed by atoms with van der Waals surface area (Å²) in [5, 5.41) is 3.09. The van der Waals surface area contributed by atoms with E-state index in [4.69, 9.17) is 0 Å². The summed E-state index contributed by atoms with van der Waals surface area (Å²) in [7, 11) is -3.50. The number of likely N-dealkylation sites (tertiary alicyclic amines) is 1. The van der Waals surface area contributed by atoms with E-state index in [1.54, 1.807) is 24.3 Å². The van der Waals surface area contributed by atoms with Crippen LogP contribution in [0.25, 0.3) is 0 Å². The number of nitrogens with one attached hydrogen (secondary N) is 1. The summed E-state index contributed by atoms with van der Waals surface area (Å²) in [5.74, 6) is 0.516. The molecule has 2 amide bonds. The molecule has 1 aromatic rings. The highest BCUT2D eigenvalue weighted by Crippen LogP contribution is 2.18. The molecule has 178 valence electrons. The highest BCUT2D eigenvalue weighted by atomic mass is 32.2. The van der Waals surface area contributed by atoms with Crippen molar-refractivity contribution in [2.24, 2.45) is 5.92 Å². The van der Waals surface area contributed by atoms with Gasteiger partial charge in [0.2, 0.25) is 21.8 Å². The smallest absolute Gasteiger partial charge is 0.243 e. The van der Waals surface area contributed by atoms with Crippen molar-refractivity contribution in [2.75, 3.05) is 45.8 Å². The summed E-state index contributed by atoms with van der Waals surface area (Å²) in [6.45, 7) is 9.46. The van der Waals surface area contributed by atoms with Gasteiger partial charge in [-0.25, -0.2) is 8.42 Å². The Kier molecular flexibility index (Phi) is 8.30. The molecule has 3 rings (SSSR count). The zero-order valence-corrected chi connectivity index (χ0v) is 20.2. The second-order valence-corrected chi connectivity index (χ2v) is 11.3. The van der Waals surface area contributed by atoms with Crippen molar-refractivity contribution in [3.8, 4) is 0 Å². The minimum Gasteiger partial charge on any atom is -0.352 e. The van der Waals surface area contributed by atoms with Crippen LogP contribution in [0.5, 0.6) is 0 Å². The SMILES string of the molecule is Cc1ccc(S(=O)(=O)N2CCN(CC(=O)NC3CCN(C(=O)CC(C)C)CC3)CC2)cc1. The van der Waals surface area contributed by atoms with Crippen LogP contribution in [0, 0.1) is 12.8 Å². The number of carbonyl (C=O) groups is 2. The molecule has 0 unspecified atom stereocenters. The summed E-state index contributed by atoms with van der Waals surface area (Å²) >= 11 is 0. The molecule has 8 nitrogen and oxygen atoms in total. The lowest BCUT2D eigenvalue weighted by atomic mass is 10.0. The van der Waals surface area contributed by atoms with E-state index in [0.717, 1.165) is 18.4 Å². The van der Waals surface area contributed by atoms with Crippen LogP contribution in [-0.2, 0) is 19.6 Å². The molecule has 32 heavy (non-hydrogen) atoms. The van der Waals surface area contributed by atoms with E-state index in [9.17, 15) is 18.0 Å². The molecule has 0 saturated carbocycles. The first-order valence-corrected chi connectivity index (χ1v) is 13.0. The van der Waals surface area contributed by atoms with Gasteiger partial charge in [0.1, 0.15) is 0 Å². The highest BCUT2D eigenvalue weighted by Gasteiger charge is 2.30. The van der Waals surface area contributed by atoms with Crippen molar-refractivity contribution in [3.05, 3.63) is 29.8 Å². The number of rotatable bonds is 7. The number of nitrogens with zero attached hydrogens (tertiary/aromatic N) is 3. The van der Waals surface area contributed by atoms with Crippen LogP contribution in [0.1, 0.15) is 38.7 Å². The summed E-state index contributed by atoms with van der Waals surface area (Å²) in [4.78, 5) is 28.9. The average molecular weight is 465 g/mol. The third-order valence-electron chi connectivity index (χ3n) is 6.15. The van der Waals surface area contributed by atoms with Crippen LogP contribution in [-0.4, -0.2) is 86.2 Å². The van der Waals surface area contributed by atoms with Gasteiger partial charge in [0.05, 0.1) is 11.4 Å². The topological polar surface area (TPSA) is 90.0 Å². The minimum absolute atomic E-state index is 0.0354. The Balaban J connectivity index is 1.40.